The fourth-order valence-corrected chi connectivity index (χ4v) is 6.07. The summed E-state index contributed by atoms with van der Waals surface area (Å²) < 4.78 is 6.00. The van der Waals surface area contributed by atoms with E-state index in [2.05, 4.69) is 13.8 Å². The molecule has 0 amide bonds. The van der Waals surface area contributed by atoms with Gasteiger partial charge in [-0.2, -0.15) is 0 Å². The molecule has 0 saturated carbocycles. The Hall–Kier alpha value is -5.18. The summed E-state index contributed by atoms with van der Waals surface area (Å²) >= 11 is 0. The number of phenolic OH excluding ortho intramolecular Hbond substituents is 6. The van der Waals surface area contributed by atoms with Gasteiger partial charge in [0.05, 0.1) is 11.1 Å². The summed E-state index contributed by atoms with van der Waals surface area (Å²) in [6.45, 7) is 4.23. The van der Waals surface area contributed by atoms with Crippen LogP contribution < -0.4 is 4.74 Å². The number of hydrogen-bond donors (Lipinski definition) is 6. The minimum atomic E-state index is -0.704. The monoisotopic (exact) mass is 698 g/mol. The van der Waals surface area contributed by atoms with Gasteiger partial charge in [-0.1, -0.05) is 89.5 Å². The van der Waals surface area contributed by atoms with Crippen LogP contribution in [0.25, 0.3) is 0 Å². The molecule has 0 aromatic heterocycles. The molecular weight excluding hydrogens is 648 g/mol. The SMILES string of the molecule is CCCCCCCC(=O)c1cc(Cc2ccc(Oc3ccc(Cc4cc(C(=O)CCCCCCC)c(O)c(O)c4O)cc3)cc2)c(O)c(O)c1O. The zero-order valence-corrected chi connectivity index (χ0v) is 29.6. The Morgan fingerprint density at radius 3 is 1.18 bits per heavy atom. The average molecular weight is 699 g/mol. The summed E-state index contributed by atoms with van der Waals surface area (Å²) in [6.07, 6.45) is 10.6. The van der Waals surface area contributed by atoms with Crippen LogP contribution in [0.15, 0.2) is 60.7 Å². The van der Waals surface area contributed by atoms with Crippen molar-refractivity contribution in [3.8, 4) is 46.0 Å². The fraction of sp³-hybridized carbons (Fsp3) is 0.381. The van der Waals surface area contributed by atoms with Gasteiger partial charge in [0, 0.05) is 36.8 Å². The van der Waals surface area contributed by atoms with Gasteiger partial charge in [-0.25, -0.2) is 0 Å². The molecule has 0 heterocycles. The first-order valence-corrected chi connectivity index (χ1v) is 18.0. The highest BCUT2D eigenvalue weighted by atomic mass is 16.5. The molecule has 9 nitrogen and oxygen atoms in total. The van der Waals surface area contributed by atoms with Gasteiger partial charge in [-0.05, 0) is 60.4 Å². The number of ether oxygens (including phenoxy) is 1. The third-order valence-corrected chi connectivity index (χ3v) is 9.14. The highest BCUT2D eigenvalue weighted by Gasteiger charge is 2.22. The number of carbonyl (C=O) groups is 2. The summed E-state index contributed by atoms with van der Waals surface area (Å²) in [5, 5.41) is 62.5. The first-order chi connectivity index (χ1) is 24.5. The molecule has 4 aromatic rings. The Morgan fingerprint density at radius 1 is 0.471 bits per heavy atom. The molecule has 0 fully saturated rings. The first-order valence-electron chi connectivity index (χ1n) is 18.0. The molecule has 0 aliphatic heterocycles. The van der Waals surface area contributed by atoms with E-state index in [1.54, 1.807) is 48.5 Å². The molecule has 0 atom stereocenters. The van der Waals surface area contributed by atoms with Crippen LogP contribution in [-0.2, 0) is 12.8 Å². The molecular formula is C42H50O9. The lowest BCUT2D eigenvalue weighted by Crippen LogP contribution is -2.02. The molecule has 4 aromatic carbocycles. The predicted molar refractivity (Wildman–Crippen MR) is 197 cm³/mol. The Kier molecular flexibility index (Phi) is 14.2. The Balaban J connectivity index is 1.38. The highest BCUT2D eigenvalue weighted by molar-refractivity contribution is 6.00. The van der Waals surface area contributed by atoms with Crippen LogP contribution in [0.2, 0.25) is 0 Å². The quantitative estimate of drug-likeness (QED) is 0.0299. The van der Waals surface area contributed by atoms with E-state index in [1.807, 2.05) is 0 Å². The van der Waals surface area contributed by atoms with E-state index in [9.17, 15) is 40.2 Å². The van der Waals surface area contributed by atoms with Gasteiger partial charge in [0.25, 0.3) is 0 Å². The lowest BCUT2D eigenvalue weighted by Gasteiger charge is -2.13. The van der Waals surface area contributed by atoms with Crippen LogP contribution in [0.5, 0.6) is 46.0 Å². The van der Waals surface area contributed by atoms with Crippen molar-refractivity contribution < 1.29 is 45.0 Å². The zero-order valence-electron chi connectivity index (χ0n) is 29.6. The molecule has 0 spiro atoms. The van der Waals surface area contributed by atoms with Crippen molar-refractivity contribution in [1.82, 2.24) is 0 Å². The van der Waals surface area contributed by atoms with Crippen molar-refractivity contribution >= 4 is 11.6 Å². The summed E-state index contributed by atoms with van der Waals surface area (Å²) in [7, 11) is 0. The second-order valence-corrected chi connectivity index (χ2v) is 13.2. The van der Waals surface area contributed by atoms with Crippen molar-refractivity contribution in [2.45, 2.75) is 104 Å². The molecule has 9 heteroatoms. The maximum Gasteiger partial charge on any atom is 0.201 e. The molecule has 0 aliphatic rings. The number of phenols is 6. The van der Waals surface area contributed by atoms with E-state index in [0.717, 1.165) is 62.5 Å². The lowest BCUT2D eigenvalue weighted by molar-refractivity contribution is 0.0967. The highest BCUT2D eigenvalue weighted by Crippen LogP contribution is 2.43. The van der Waals surface area contributed by atoms with E-state index >= 15 is 0 Å². The molecule has 0 saturated heterocycles. The minimum absolute atomic E-state index is 0.00119. The largest absolute Gasteiger partial charge is 0.504 e. The Morgan fingerprint density at radius 2 is 0.824 bits per heavy atom. The minimum Gasteiger partial charge on any atom is -0.504 e. The number of Topliss-reactive ketones (excluding diaryl/α,β-unsaturated/α-hetero) is 2. The summed E-state index contributed by atoms with van der Waals surface area (Å²) in [4.78, 5) is 25.6. The van der Waals surface area contributed by atoms with Crippen LogP contribution in [-0.4, -0.2) is 42.2 Å². The maximum atomic E-state index is 12.8. The fourth-order valence-electron chi connectivity index (χ4n) is 6.07. The van der Waals surface area contributed by atoms with Crippen molar-refractivity contribution in [2.24, 2.45) is 0 Å². The van der Waals surface area contributed by atoms with E-state index in [1.165, 1.54) is 12.1 Å². The van der Waals surface area contributed by atoms with E-state index in [0.29, 0.717) is 35.5 Å². The standard InChI is InChI=1S/C42H50O9/c1-3-5-7-9-11-13-35(43)33-25-29(37(45)41(49)39(33)47)23-27-15-19-31(20-16-27)51-32-21-17-28(18-22-32)24-30-26-34(40(48)42(50)38(30)46)36(44)14-12-10-8-6-4-2/h15-22,25-26,45-50H,3-14,23-24H2,1-2H3. The summed E-state index contributed by atoms with van der Waals surface area (Å²) in [6, 6.07) is 17.1. The first kappa shape index (κ1) is 38.6. The number of benzene rings is 4. The second kappa shape index (κ2) is 18.7. The smallest absolute Gasteiger partial charge is 0.201 e. The molecule has 272 valence electrons. The third-order valence-electron chi connectivity index (χ3n) is 9.14. The van der Waals surface area contributed by atoms with Crippen molar-refractivity contribution in [3.05, 3.63) is 94.0 Å². The topological polar surface area (TPSA) is 165 Å². The predicted octanol–water partition coefficient (Wildman–Crippen LogP) is 9.98. The molecule has 4 rings (SSSR count). The number of carbonyl (C=O) groups excluding carboxylic acids is 2. The van der Waals surface area contributed by atoms with Crippen LogP contribution in [0.1, 0.15) is 134 Å². The van der Waals surface area contributed by atoms with Gasteiger partial charge in [0.1, 0.15) is 11.5 Å². The van der Waals surface area contributed by atoms with E-state index < -0.39 is 34.5 Å². The zero-order chi connectivity index (χ0) is 36.9. The van der Waals surface area contributed by atoms with Gasteiger partial charge < -0.3 is 35.4 Å². The van der Waals surface area contributed by atoms with E-state index in [-0.39, 0.29) is 48.4 Å². The molecule has 0 bridgehead atoms. The van der Waals surface area contributed by atoms with Crippen LogP contribution in [0.4, 0.5) is 0 Å². The summed E-state index contributed by atoms with van der Waals surface area (Å²) in [5.41, 5.74) is 2.19. The van der Waals surface area contributed by atoms with Crippen LogP contribution in [0.3, 0.4) is 0 Å². The number of rotatable bonds is 20. The molecule has 0 unspecified atom stereocenters. The van der Waals surface area contributed by atoms with Crippen molar-refractivity contribution in [1.29, 1.82) is 0 Å². The Labute approximate surface area is 299 Å². The van der Waals surface area contributed by atoms with Gasteiger partial charge in [-0.3, -0.25) is 9.59 Å². The lowest BCUT2D eigenvalue weighted by atomic mass is 9.96. The average Bonchev–Trinajstić information content (AvgIpc) is 3.13. The van der Waals surface area contributed by atoms with Gasteiger partial charge in [0.15, 0.2) is 34.6 Å². The second-order valence-electron chi connectivity index (χ2n) is 13.2. The normalized spacial score (nSPS) is 11.1. The van der Waals surface area contributed by atoms with Crippen molar-refractivity contribution in [2.75, 3.05) is 0 Å². The molecule has 6 N–H and O–H groups in total. The number of unbranched alkanes of at least 4 members (excludes halogenated alkanes) is 8. The van der Waals surface area contributed by atoms with Crippen molar-refractivity contribution in [3.63, 3.8) is 0 Å². The molecule has 0 aliphatic carbocycles. The van der Waals surface area contributed by atoms with Crippen LogP contribution in [0, 0.1) is 0 Å². The van der Waals surface area contributed by atoms with Gasteiger partial charge in [-0.15, -0.1) is 0 Å². The molecule has 0 radical (unpaired) electrons. The number of hydrogen-bond acceptors (Lipinski definition) is 9. The third kappa shape index (κ3) is 10.4. The maximum absolute atomic E-state index is 12.8. The molecule has 51 heavy (non-hydrogen) atoms. The van der Waals surface area contributed by atoms with E-state index in [4.69, 9.17) is 4.74 Å². The van der Waals surface area contributed by atoms with Gasteiger partial charge in [0.2, 0.25) is 11.5 Å². The Bertz CT molecular complexity index is 1650. The number of ketones is 2. The summed E-state index contributed by atoms with van der Waals surface area (Å²) in [5.74, 6) is -3.03. The van der Waals surface area contributed by atoms with Crippen LogP contribution >= 0.6 is 0 Å². The number of aromatic hydroxyl groups is 6. The van der Waals surface area contributed by atoms with Gasteiger partial charge >= 0.3 is 0 Å².